The molecule has 0 saturated carbocycles. The van der Waals surface area contributed by atoms with Crippen molar-refractivity contribution in [2.24, 2.45) is 0 Å². The molecule has 0 spiro atoms. The number of hydrogen-bond acceptors (Lipinski definition) is 4. The Bertz CT molecular complexity index is 606. The molecule has 2 rings (SSSR count). The van der Waals surface area contributed by atoms with Crippen molar-refractivity contribution >= 4 is 15.7 Å². The van der Waals surface area contributed by atoms with Gasteiger partial charge in [-0.3, -0.25) is 0 Å². The second kappa shape index (κ2) is 5.24. The van der Waals surface area contributed by atoms with Crippen molar-refractivity contribution < 1.29 is 12.8 Å². The van der Waals surface area contributed by atoms with Crippen LogP contribution in [0, 0.1) is 0 Å². The lowest BCUT2D eigenvalue weighted by Gasteiger charge is -2.11. The summed E-state index contributed by atoms with van der Waals surface area (Å²) in [6, 6.07) is 8.58. The van der Waals surface area contributed by atoms with Gasteiger partial charge in [-0.15, -0.1) is 0 Å². The highest BCUT2D eigenvalue weighted by Crippen LogP contribution is 2.21. The van der Waals surface area contributed by atoms with Crippen LogP contribution in [0.25, 0.3) is 0 Å². The molecule has 96 valence electrons. The van der Waals surface area contributed by atoms with Gasteiger partial charge in [0, 0.05) is 12.1 Å². The van der Waals surface area contributed by atoms with Crippen LogP contribution in [-0.2, 0) is 16.6 Å². The van der Waals surface area contributed by atoms with E-state index in [-0.39, 0.29) is 4.90 Å². The quantitative estimate of drug-likeness (QED) is 0.865. The van der Waals surface area contributed by atoms with E-state index in [0.717, 1.165) is 5.56 Å². The fraction of sp³-hybridized carbons (Fsp3) is 0.167. The van der Waals surface area contributed by atoms with Crippen LogP contribution in [0.5, 0.6) is 0 Å². The normalized spacial score (nSPS) is 11.4. The Morgan fingerprint density at radius 2 is 2.00 bits per heavy atom. The van der Waals surface area contributed by atoms with Gasteiger partial charge in [-0.25, -0.2) is 13.1 Å². The first-order valence-corrected chi connectivity index (χ1v) is 6.89. The van der Waals surface area contributed by atoms with E-state index in [1.807, 2.05) is 6.07 Å². The number of furan rings is 1. The summed E-state index contributed by atoms with van der Waals surface area (Å²) in [5.74, 6) is 0. The molecule has 0 aliphatic carbocycles. The van der Waals surface area contributed by atoms with Crippen LogP contribution < -0.4 is 10.0 Å². The van der Waals surface area contributed by atoms with E-state index < -0.39 is 10.0 Å². The Labute approximate surface area is 106 Å². The van der Waals surface area contributed by atoms with E-state index in [2.05, 4.69) is 10.0 Å². The third-order valence-electron chi connectivity index (χ3n) is 2.51. The highest BCUT2D eigenvalue weighted by Gasteiger charge is 2.15. The molecule has 0 saturated heterocycles. The van der Waals surface area contributed by atoms with Gasteiger partial charge in [-0.2, -0.15) is 0 Å². The molecule has 6 heteroatoms. The Hall–Kier alpha value is -1.79. The molecule has 0 unspecified atom stereocenters. The number of anilines is 1. The topological polar surface area (TPSA) is 71.3 Å². The molecule has 2 aromatic rings. The molecule has 0 radical (unpaired) electrons. The summed E-state index contributed by atoms with van der Waals surface area (Å²) < 4.78 is 30.9. The summed E-state index contributed by atoms with van der Waals surface area (Å²) in [4.78, 5) is 0.232. The highest BCUT2D eigenvalue weighted by molar-refractivity contribution is 7.89. The van der Waals surface area contributed by atoms with Crippen molar-refractivity contribution in [3.05, 3.63) is 48.4 Å². The van der Waals surface area contributed by atoms with E-state index in [4.69, 9.17) is 4.42 Å². The van der Waals surface area contributed by atoms with Gasteiger partial charge in [0.15, 0.2) is 0 Å². The summed E-state index contributed by atoms with van der Waals surface area (Å²) in [5.41, 5.74) is 1.51. The first-order chi connectivity index (χ1) is 8.63. The van der Waals surface area contributed by atoms with Crippen LogP contribution in [0.15, 0.2) is 52.2 Å². The van der Waals surface area contributed by atoms with Crippen molar-refractivity contribution in [2.75, 3.05) is 12.4 Å². The fourth-order valence-electron chi connectivity index (χ4n) is 1.55. The van der Waals surface area contributed by atoms with Gasteiger partial charge in [0.05, 0.1) is 18.2 Å². The van der Waals surface area contributed by atoms with Crippen LogP contribution in [0.3, 0.4) is 0 Å². The van der Waals surface area contributed by atoms with E-state index in [9.17, 15) is 8.42 Å². The van der Waals surface area contributed by atoms with Gasteiger partial charge in [0.25, 0.3) is 0 Å². The summed E-state index contributed by atoms with van der Waals surface area (Å²) in [6.45, 7) is 0.507. The van der Waals surface area contributed by atoms with Crippen molar-refractivity contribution in [3.63, 3.8) is 0 Å². The fourth-order valence-corrected chi connectivity index (χ4v) is 2.45. The molecule has 0 fully saturated rings. The molecule has 0 amide bonds. The smallest absolute Gasteiger partial charge is 0.242 e. The van der Waals surface area contributed by atoms with E-state index in [0.29, 0.717) is 12.2 Å². The lowest BCUT2D eigenvalue weighted by molar-refractivity contribution is 0.564. The Kier molecular flexibility index (Phi) is 3.69. The molecule has 1 heterocycles. The van der Waals surface area contributed by atoms with Crippen LogP contribution in [0.1, 0.15) is 5.56 Å². The molecule has 2 N–H and O–H groups in total. The number of sulfonamides is 1. The van der Waals surface area contributed by atoms with E-state index in [1.165, 1.54) is 7.05 Å². The molecular weight excluding hydrogens is 252 g/mol. The lowest BCUT2D eigenvalue weighted by atomic mass is 10.3. The summed E-state index contributed by atoms with van der Waals surface area (Å²) >= 11 is 0. The minimum atomic E-state index is -3.46. The van der Waals surface area contributed by atoms with Crippen molar-refractivity contribution in [3.8, 4) is 0 Å². The van der Waals surface area contributed by atoms with Crippen LogP contribution in [0.2, 0.25) is 0 Å². The van der Waals surface area contributed by atoms with Crippen LogP contribution >= 0.6 is 0 Å². The Morgan fingerprint density at radius 1 is 1.22 bits per heavy atom. The Balaban J connectivity index is 2.23. The molecule has 0 bridgehead atoms. The predicted molar refractivity (Wildman–Crippen MR) is 68.7 cm³/mol. The van der Waals surface area contributed by atoms with Gasteiger partial charge in [-0.1, -0.05) is 12.1 Å². The number of hydrogen-bond donors (Lipinski definition) is 2. The van der Waals surface area contributed by atoms with Crippen molar-refractivity contribution in [2.45, 2.75) is 11.4 Å². The minimum absolute atomic E-state index is 0.232. The van der Waals surface area contributed by atoms with Gasteiger partial charge in [0.1, 0.15) is 4.90 Å². The maximum Gasteiger partial charge on any atom is 0.242 e. The SMILES string of the molecule is CNS(=O)(=O)c1ccccc1NCc1ccoc1. The number of para-hydroxylation sites is 1. The molecule has 0 aliphatic heterocycles. The van der Waals surface area contributed by atoms with E-state index in [1.54, 1.807) is 36.8 Å². The molecule has 0 atom stereocenters. The van der Waals surface area contributed by atoms with Gasteiger partial charge in [0.2, 0.25) is 10.0 Å². The zero-order valence-electron chi connectivity index (χ0n) is 9.88. The predicted octanol–water partition coefficient (Wildman–Crippen LogP) is 1.80. The second-order valence-electron chi connectivity index (χ2n) is 3.69. The molecule has 1 aromatic carbocycles. The monoisotopic (exact) mass is 266 g/mol. The third-order valence-corrected chi connectivity index (χ3v) is 3.98. The number of nitrogens with one attached hydrogen (secondary N) is 2. The second-order valence-corrected chi connectivity index (χ2v) is 5.54. The molecule has 1 aromatic heterocycles. The van der Waals surface area contributed by atoms with Crippen molar-refractivity contribution in [1.29, 1.82) is 0 Å². The summed E-state index contributed by atoms with van der Waals surface area (Å²) in [5, 5.41) is 3.08. The molecule has 0 aliphatic rings. The van der Waals surface area contributed by atoms with Gasteiger partial charge < -0.3 is 9.73 Å². The maximum absolute atomic E-state index is 11.8. The first-order valence-electron chi connectivity index (χ1n) is 5.41. The minimum Gasteiger partial charge on any atom is -0.472 e. The standard InChI is InChI=1S/C12H14N2O3S/c1-13-18(15,16)12-5-3-2-4-11(12)14-8-10-6-7-17-9-10/h2-7,9,13-14H,8H2,1H3. The summed E-state index contributed by atoms with van der Waals surface area (Å²) in [6.07, 6.45) is 3.19. The summed E-state index contributed by atoms with van der Waals surface area (Å²) in [7, 11) is -2.06. The first kappa shape index (κ1) is 12.7. The average molecular weight is 266 g/mol. The molecule has 18 heavy (non-hydrogen) atoms. The maximum atomic E-state index is 11.8. The largest absolute Gasteiger partial charge is 0.472 e. The van der Waals surface area contributed by atoms with Crippen LogP contribution in [-0.4, -0.2) is 15.5 Å². The van der Waals surface area contributed by atoms with Gasteiger partial charge in [-0.05, 0) is 25.2 Å². The number of benzene rings is 1. The van der Waals surface area contributed by atoms with Crippen molar-refractivity contribution in [1.82, 2.24) is 4.72 Å². The zero-order valence-corrected chi connectivity index (χ0v) is 10.7. The highest BCUT2D eigenvalue weighted by atomic mass is 32.2. The van der Waals surface area contributed by atoms with Gasteiger partial charge >= 0.3 is 0 Å². The Morgan fingerprint density at radius 3 is 2.67 bits per heavy atom. The number of rotatable bonds is 5. The lowest BCUT2D eigenvalue weighted by Crippen LogP contribution is -2.20. The average Bonchev–Trinajstić information content (AvgIpc) is 2.90. The zero-order chi connectivity index (χ0) is 13.0. The van der Waals surface area contributed by atoms with Crippen LogP contribution in [0.4, 0.5) is 5.69 Å². The third kappa shape index (κ3) is 2.72. The van der Waals surface area contributed by atoms with E-state index >= 15 is 0 Å². The molecular formula is C12H14N2O3S. The molecule has 5 nitrogen and oxygen atoms in total.